The van der Waals surface area contributed by atoms with Crippen molar-refractivity contribution in [1.29, 1.82) is 0 Å². The number of hydrogen-bond donors (Lipinski definition) is 0. The Labute approximate surface area is 226 Å². The molecule has 0 aliphatic carbocycles. The van der Waals surface area contributed by atoms with Crippen molar-refractivity contribution in [2.24, 2.45) is 0 Å². The molecule has 0 aliphatic rings. The van der Waals surface area contributed by atoms with Crippen LogP contribution in [0.2, 0.25) is 0 Å². The summed E-state index contributed by atoms with van der Waals surface area (Å²) in [6, 6.07) is 17.4. The molecule has 1 amide bonds. The van der Waals surface area contributed by atoms with Crippen LogP contribution in [0, 0.1) is 13.8 Å². The third-order valence-corrected chi connectivity index (χ3v) is 6.00. The lowest BCUT2D eigenvalue weighted by Crippen LogP contribution is -2.43. The minimum atomic E-state index is -1.13. The standard InChI is InChI=1S/C31H40N2O5/c1-22-11-16-27(23(2)18-22)32(8)28(34)21-33(20-26-10-9-17-36-26)19-24-12-14-25(15-13-24)37-31(6,7)29(35)38-30(3,4)5/h9-18H,19-21H2,1-8H3. The Morgan fingerprint density at radius 2 is 1.61 bits per heavy atom. The highest BCUT2D eigenvalue weighted by Crippen LogP contribution is 2.24. The molecule has 0 spiro atoms. The van der Waals surface area contributed by atoms with Crippen LogP contribution in [0.1, 0.15) is 57.1 Å². The van der Waals surface area contributed by atoms with E-state index in [-0.39, 0.29) is 12.5 Å². The number of carbonyl (C=O) groups is 2. The third-order valence-electron chi connectivity index (χ3n) is 6.00. The van der Waals surface area contributed by atoms with Gasteiger partial charge < -0.3 is 18.8 Å². The van der Waals surface area contributed by atoms with Crippen molar-refractivity contribution in [1.82, 2.24) is 4.90 Å². The van der Waals surface area contributed by atoms with E-state index in [1.165, 1.54) is 0 Å². The van der Waals surface area contributed by atoms with Gasteiger partial charge in [0.2, 0.25) is 5.91 Å². The van der Waals surface area contributed by atoms with Crippen molar-refractivity contribution in [2.75, 3.05) is 18.5 Å². The largest absolute Gasteiger partial charge is 0.476 e. The van der Waals surface area contributed by atoms with Gasteiger partial charge in [-0.25, -0.2) is 4.79 Å². The van der Waals surface area contributed by atoms with E-state index < -0.39 is 17.2 Å². The molecule has 2 aromatic carbocycles. The Balaban J connectivity index is 1.71. The van der Waals surface area contributed by atoms with E-state index >= 15 is 0 Å². The van der Waals surface area contributed by atoms with E-state index in [1.807, 2.05) is 95.1 Å². The number of aryl methyl sites for hydroxylation is 2. The number of likely N-dealkylation sites (N-methyl/N-ethyl adjacent to an activating group) is 1. The van der Waals surface area contributed by atoms with Gasteiger partial charge in [-0.1, -0.05) is 29.8 Å². The summed E-state index contributed by atoms with van der Waals surface area (Å²) in [6.45, 7) is 14.2. The first-order valence-corrected chi connectivity index (χ1v) is 12.8. The summed E-state index contributed by atoms with van der Waals surface area (Å²) in [5, 5.41) is 0. The van der Waals surface area contributed by atoms with Gasteiger partial charge in [0.25, 0.3) is 0 Å². The Bertz CT molecular complexity index is 1220. The van der Waals surface area contributed by atoms with E-state index in [2.05, 4.69) is 6.07 Å². The van der Waals surface area contributed by atoms with E-state index in [9.17, 15) is 9.59 Å². The summed E-state index contributed by atoms with van der Waals surface area (Å²) in [5.41, 5.74) is 2.39. The van der Waals surface area contributed by atoms with Crippen LogP contribution < -0.4 is 9.64 Å². The molecule has 0 saturated heterocycles. The first-order valence-electron chi connectivity index (χ1n) is 12.8. The van der Waals surface area contributed by atoms with Crippen molar-refractivity contribution in [3.63, 3.8) is 0 Å². The lowest BCUT2D eigenvalue weighted by atomic mass is 10.1. The normalized spacial score (nSPS) is 11.9. The van der Waals surface area contributed by atoms with Gasteiger partial charge >= 0.3 is 5.97 Å². The summed E-state index contributed by atoms with van der Waals surface area (Å²) in [7, 11) is 1.81. The van der Waals surface area contributed by atoms with Crippen LogP contribution in [0.5, 0.6) is 5.75 Å². The molecule has 38 heavy (non-hydrogen) atoms. The maximum atomic E-state index is 13.3. The molecule has 0 unspecified atom stereocenters. The average molecular weight is 521 g/mol. The summed E-state index contributed by atoms with van der Waals surface area (Å²) in [6.07, 6.45) is 1.63. The molecule has 204 valence electrons. The van der Waals surface area contributed by atoms with Crippen LogP contribution >= 0.6 is 0 Å². The molecule has 0 bridgehead atoms. The molecular formula is C31H40N2O5. The fourth-order valence-electron chi connectivity index (χ4n) is 4.06. The molecule has 1 heterocycles. The lowest BCUT2D eigenvalue weighted by Gasteiger charge is -2.29. The fraction of sp³-hybridized carbons (Fsp3) is 0.419. The Kier molecular flexibility index (Phi) is 9.05. The van der Waals surface area contributed by atoms with E-state index in [0.717, 1.165) is 28.1 Å². The van der Waals surface area contributed by atoms with Crippen LogP contribution in [-0.2, 0) is 27.4 Å². The maximum absolute atomic E-state index is 13.3. The van der Waals surface area contributed by atoms with Crippen molar-refractivity contribution in [3.05, 3.63) is 83.3 Å². The maximum Gasteiger partial charge on any atom is 0.350 e. The highest BCUT2D eigenvalue weighted by molar-refractivity contribution is 5.95. The van der Waals surface area contributed by atoms with E-state index in [0.29, 0.717) is 18.8 Å². The van der Waals surface area contributed by atoms with Crippen molar-refractivity contribution in [3.8, 4) is 5.75 Å². The van der Waals surface area contributed by atoms with Gasteiger partial charge in [0, 0.05) is 19.3 Å². The monoisotopic (exact) mass is 520 g/mol. The SMILES string of the molecule is Cc1ccc(N(C)C(=O)CN(Cc2ccc(OC(C)(C)C(=O)OC(C)(C)C)cc2)Cc2ccco2)c(C)c1. The predicted molar refractivity (Wildman–Crippen MR) is 149 cm³/mol. The number of rotatable bonds is 10. The molecule has 0 aliphatic heterocycles. The number of furan rings is 1. The number of esters is 1. The van der Waals surface area contributed by atoms with Crippen LogP contribution in [0.3, 0.4) is 0 Å². The first kappa shape index (κ1) is 29.0. The van der Waals surface area contributed by atoms with Gasteiger partial charge in [-0.2, -0.15) is 0 Å². The molecule has 0 N–H and O–H groups in total. The summed E-state index contributed by atoms with van der Waals surface area (Å²) in [5.74, 6) is 0.909. The highest BCUT2D eigenvalue weighted by atomic mass is 16.6. The second-order valence-electron chi connectivity index (χ2n) is 11.2. The van der Waals surface area contributed by atoms with Crippen molar-refractivity contribution in [2.45, 2.75) is 72.8 Å². The first-order chi connectivity index (χ1) is 17.7. The average Bonchev–Trinajstić information content (AvgIpc) is 3.31. The molecule has 7 heteroatoms. The predicted octanol–water partition coefficient (Wildman–Crippen LogP) is 6.06. The second-order valence-corrected chi connectivity index (χ2v) is 11.2. The molecule has 3 rings (SSSR count). The number of ether oxygens (including phenoxy) is 2. The number of carbonyl (C=O) groups excluding carboxylic acids is 2. The molecule has 0 fully saturated rings. The van der Waals surface area contributed by atoms with Crippen molar-refractivity contribution < 1.29 is 23.5 Å². The summed E-state index contributed by atoms with van der Waals surface area (Å²) in [4.78, 5) is 29.6. The topological polar surface area (TPSA) is 72.2 Å². The minimum absolute atomic E-state index is 0.0115. The number of anilines is 1. The van der Waals surface area contributed by atoms with Gasteiger partial charge in [0.05, 0.1) is 19.4 Å². The highest BCUT2D eigenvalue weighted by Gasteiger charge is 2.34. The van der Waals surface area contributed by atoms with E-state index in [4.69, 9.17) is 13.9 Å². The molecule has 0 atom stereocenters. The zero-order chi connectivity index (χ0) is 28.1. The molecular weight excluding hydrogens is 480 g/mol. The Morgan fingerprint density at radius 3 is 2.18 bits per heavy atom. The molecule has 1 aromatic heterocycles. The molecule has 3 aromatic rings. The summed E-state index contributed by atoms with van der Waals surface area (Å²) < 4.78 is 17.0. The van der Waals surface area contributed by atoms with Crippen LogP contribution in [0.25, 0.3) is 0 Å². The fourth-order valence-corrected chi connectivity index (χ4v) is 4.06. The quantitative estimate of drug-likeness (QED) is 0.303. The molecule has 7 nitrogen and oxygen atoms in total. The molecule has 0 saturated carbocycles. The van der Waals surface area contributed by atoms with Gasteiger partial charge in [0.1, 0.15) is 17.1 Å². The number of nitrogens with zero attached hydrogens (tertiary/aromatic N) is 2. The number of hydrogen-bond acceptors (Lipinski definition) is 6. The number of benzene rings is 2. The molecule has 0 radical (unpaired) electrons. The van der Waals surface area contributed by atoms with Crippen LogP contribution in [0.4, 0.5) is 5.69 Å². The smallest absolute Gasteiger partial charge is 0.350 e. The zero-order valence-electron chi connectivity index (χ0n) is 23.8. The lowest BCUT2D eigenvalue weighted by molar-refractivity contribution is -0.170. The van der Waals surface area contributed by atoms with Crippen LogP contribution in [0.15, 0.2) is 65.3 Å². The number of amides is 1. The van der Waals surface area contributed by atoms with Gasteiger partial charge in [0.15, 0.2) is 5.60 Å². The third kappa shape index (κ3) is 8.21. The Hall–Kier alpha value is -3.58. The summed E-state index contributed by atoms with van der Waals surface area (Å²) >= 11 is 0. The van der Waals surface area contributed by atoms with E-state index in [1.54, 1.807) is 25.0 Å². The zero-order valence-corrected chi connectivity index (χ0v) is 23.8. The van der Waals surface area contributed by atoms with Gasteiger partial charge in [-0.05, 0) is 89.9 Å². The second kappa shape index (κ2) is 11.9. The van der Waals surface area contributed by atoms with Crippen molar-refractivity contribution >= 4 is 17.6 Å². The van der Waals surface area contributed by atoms with Crippen LogP contribution in [-0.4, -0.2) is 41.6 Å². The van der Waals surface area contributed by atoms with Gasteiger partial charge in [-0.15, -0.1) is 0 Å². The van der Waals surface area contributed by atoms with Gasteiger partial charge in [-0.3, -0.25) is 9.69 Å². The Morgan fingerprint density at radius 1 is 0.921 bits per heavy atom. The minimum Gasteiger partial charge on any atom is -0.476 e.